The minimum absolute atomic E-state index is 0.219. The molecule has 2 N–H and O–H groups in total. The van der Waals surface area contributed by atoms with E-state index in [1.165, 1.54) is 0 Å². The van der Waals surface area contributed by atoms with Gasteiger partial charge in [-0.2, -0.15) is 0 Å². The van der Waals surface area contributed by atoms with Crippen molar-refractivity contribution in [3.05, 3.63) is 0 Å². The van der Waals surface area contributed by atoms with Crippen LogP contribution in [0.2, 0.25) is 0 Å². The number of aliphatic carboxylic acids is 1. The molecule has 8 nitrogen and oxygen atoms in total. The summed E-state index contributed by atoms with van der Waals surface area (Å²) in [5.74, 6) is -1.44. The zero-order valence-corrected chi connectivity index (χ0v) is 22.5. The molecule has 1 amide bonds. The second-order valence-electron chi connectivity index (χ2n) is 11.6. The van der Waals surface area contributed by atoms with Gasteiger partial charge in [-0.25, -0.2) is 4.79 Å². The van der Waals surface area contributed by atoms with E-state index < -0.39 is 18.2 Å². The fourth-order valence-corrected chi connectivity index (χ4v) is 2.78. The third kappa shape index (κ3) is 19.9. The molecule has 0 atom stereocenters. The van der Waals surface area contributed by atoms with Crippen LogP contribution in [0.3, 0.4) is 0 Å². The Labute approximate surface area is 201 Å². The average Bonchev–Trinajstić information content (AvgIpc) is 2.58. The number of ether oxygens (including phenoxy) is 4. The molecule has 0 aliphatic heterocycles. The van der Waals surface area contributed by atoms with Crippen molar-refractivity contribution >= 4 is 11.9 Å². The molecule has 0 heterocycles. The summed E-state index contributed by atoms with van der Waals surface area (Å²) in [6, 6.07) is 0. The fourth-order valence-electron chi connectivity index (χ4n) is 2.78. The van der Waals surface area contributed by atoms with Crippen LogP contribution in [-0.4, -0.2) is 73.4 Å². The standard InChI is InChI=1S/C25H49NO7/c1-22(2,3)11-15-31-24(6,7)13-17-33-25(8,9)12-16-32-23(4,5)10-14-26-20(27)18-30-19-21(28)29/h10-19H2,1-9H3,(H,26,27)(H,28,29). The fraction of sp³-hybridized carbons (Fsp3) is 0.920. The van der Waals surface area contributed by atoms with Gasteiger partial charge in [-0.15, -0.1) is 0 Å². The summed E-state index contributed by atoms with van der Waals surface area (Å²) >= 11 is 0. The number of hydrogen-bond donors (Lipinski definition) is 2. The minimum Gasteiger partial charge on any atom is -0.480 e. The van der Waals surface area contributed by atoms with Crippen molar-refractivity contribution in [1.29, 1.82) is 0 Å². The number of hydrogen-bond acceptors (Lipinski definition) is 6. The molecule has 0 fully saturated rings. The van der Waals surface area contributed by atoms with Gasteiger partial charge in [-0.05, 0) is 72.6 Å². The number of carbonyl (C=O) groups excluding carboxylic acids is 1. The molecule has 0 radical (unpaired) electrons. The molecule has 0 aromatic rings. The van der Waals surface area contributed by atoms with E-state index in [0.717, 1.165) is 25.9 Å². The first-order valence-corrected chi connectivity index (χ1v) is 11.9. The molecule has 196 valence electrons. The van der Waals surface area contributed by atoms with Crippen LogP contribution in [0.5, 0.6) is 0 Å². The van der Waals surface area contributed by atoms with Crippen LogP contribution in [0, 0.1) is 5.41 Å². The van der Waals surface area contributed by atoms with E-state index in [1.807, 2.05) is 13.8 Å². The molecule has 0 aliphatic carbocycles. The van der Waals surface area contributed by atoms with Gasteiger partial charge in [0.05, 0.1) is 30.0 Å². The maximum atomic E-state index is 11.6. The van der Waals surface area contributed by atoms with Gasteiger partial charge in [0.25, 0.3) is 0 Å². The number of amides is 1. The van der Waals surface area contributed by atoms with Gasteiger partial charge in [0.15, 0.2) is 0 Å². The second kappa shape index (κ2) is 14.2. The maximum absolute atomic E-state index is 11.6. The van der Waals surface area contributed by atoms with Crippen molar-refractivity contribution in [2.24, 2.45) is 5.41 Å². The van der Waals surface area contributed by atoms with Crippen molar-refractivity contribution in [3.8, 4) is 0 Å². The van der Waals surface area contributed by atoms with E-state index in [-0.39, 0.29) is 29.1 Å². The lowest BCUT2D eigenvalue weighted by molar-refractivity contribution is -0.143. The molecular formula is C25H49NO7. The molecule has 0 aliphatic rings. The lowest BCUT2D eigenvalue weighted by Crippen LogP contribution is -2.36. The van der Waals surface area contributed by atoms with Crippen molar-refractivity contribution in [2.45, 2.75) is 105 Å². The minimum atomic E-state index is -1.10. The topological polar surface area (TPSA) is 103 Å². The average molecular weight is 476 g/mol. The van der Waals surface area contributed by atoms with E-state index in [9.17, 15) is 9.59 Å². The molecular weight excluding hydrogens is 426 g/mol. The normalized spacial score (nSPS) is 13.2. The Bertz CT molecular complexity index is 580. The molecule has 0 aromatic heterocycles. The van der Waals surface area contributed by atoms with Crippen molar-refractivity contribution in [2.75, 3.05) is 39.6 Å². The monoisotopic (exact) mass is 475 g/mol. The van der Waals surface area contributed by atoms with Crippen molar-refractivity contribution < 1.29 is 33.6 Å². The van der Waals surface area contributed by atoms with E-state index in [2.05, 4.69) is 53.8 Å². The summed E-state index contributed by atoms with van der Waals surface area (Å²) in [6.07, 6.45) is 3.22. The molecule has 0 rings (SSSR count). The Morgan fingerprint density at radius 3 is 1.52 bits per heavy atom. The molecule has 0 saturated carbocycles. The zero-order chi connectivity index (χ0) is 25.8. The Kier molecular flexibility index (Phi) is 13.7. The van der Waals surface area contributed by atoms with Crippen LogP contribution in [0.15, 0.2) is 0 Å². The van der Waals surface area contributed by atoms with Gasteiger partial charge in [0.1, 0.15) is 13.2 Å². The number of carbonyl (C=O) groups is 2. The van der Waals surface area contributed by atoms with Gasteiger partial charge in [-0.1, -0.05) is 20.8 Å². The summed E-state index contributed by atoms with van der Waals surface area (Å²) in [5.41, 5.74) is -0.672. The Balaban J connectivity index is 4.11. The molecule has 0 spiro atoms. The van der Waals surface area contributed by atoms with Gasteiger partial charge in [-0.3, -0.25) is 4.79 Å². The summed E-state index contributed by atoms with van der Waals surface area (Å²) in [7, 11) is 0. The van der Waals surface area contributed by atoms with Crippen molar-refractivity contribution in [1.82, 2.24) is 5.32 Å². The van der Waals surface area contributed by atoms with Crippen LogP contribution >= 0.6 is 0 Å². The van der Waals surface area contributed by atoms with Crippen LogP contribution in [0.4, 0.5) is 0 Å². The predicted octanol–water partition coefficient (Wildman–Crippen LogP) is 4.20. The van der Waals surface area contributed by atoms with Crippen LogP contribution in [0.1, 0.15) is 88.0 Å². The zero-order valence-electron chi connectivity index (χ0n) is 22.5. The summed E-state index contributed by atoms with van der Waals surface area (Å²) in [5, 5.41) is 11.2. The van der Waals surface area contributed by atoms with Gasteiger partial charge >= 0.3 is 5.97 Å². The first-order chi connectivity index (χ1) is 14.9. The highest BCUT2D eigenvalue weighted by Gasteiger charge is 2.25. The smallest absolute Gasteiger partial charge is 0.329 e. The largest absolute Gasteiger partial charge is 0.480 e. The van der Waals surface area contributed by atoms with Crippen LogP contribution in [-0.2, 0) is 28.5 Å². The Hall–Kier alpha value is -1.22. The molecule has 8 heteroatoms. The van der Waals surface area contributed by atoms with Crippen molar-refractivity contribution in [3.63, 3.8) is 0 Å². The highest BCUT2D eigenvalue weighted by atomic mass is 16.5. The number of carboxylic acid groups (broad SMARTS) is 1. The first-order valence-electron chi connectivity index (χ1n) is 11.9. The van der Waals surface area contributed by atoms with Crippen LogP contribution < -0.4 is 5.32 Å². The molecule has 0 unspecified atom stereocenters. The van der Waals surface area contributed by atoms with E-state index in [4.69, 9.17) is 24.1 Å². The highest BCUT2D eigenvalue weighted by molar-refractivity contribution is 5.77. The summed E-state index contributed by atoms with van der Waals surface area (Å²) in [4.78, 5) is 22.0. The Morgan fingerprint density at radius 2 is 1.09 bits per heavy atom. The number of carboxylic acids is 1. The molecule has 33 heavy (non-hydrogen) atoms. The quantitative estimate of drug-likeness (QED) is 0.306. The third-order valence-corrected chi connectivity index (χ3v) is 5.25. The molecule has 0 saturated heterocycles. The van der Waals surface area contributed by atoms with E-state index in [0.29, 0.717) is 26.2 Å². The second-order valence-corrected chi connectivity index (χ2v) is 11.6. The van der Waals surface area contributed by atoms with Gasteiger partial charge < -0.3 is 29.4 Å². The summed E-state index contributed by atoms with van der Waals surface area (Å²) in [6.45, 7) is 20.5. The highest BCUT2D eigenvalue weighted by Crippen LogP contribution is 2.24. The lowest BCUT2D eigenvalue weighted by atomic mass is 9.93. The first kappa shape index (κ1) is 31.8. The van der Waals surface area contributed by atoms with Gasteiger partial charge in [0, 0.05) is 13.2 Å². The third-order valence-electron chi connectivity index (χ3n) is 5.25. The Morgan fingerprint density at radius 1 is 0.667 bits per heavy atom. The summed E-state index contributed by atoms with van der Waals surface area (Å²) < 4.78 is 23.0. The SMILES string of the molecule is CC(C)(C)CCOC(C)(C)CCOC(C)(C)CCOC(C)(C)CCNC(=O)COCC(=O)O. The lowest BCUT2D eigenvalue weighted by Gasteiger charge is -2.32. The number of nitrogens with one attached hydrogen (secondary N) is 1. The van der Waals surface area contributed by atoms with E-state index >= 15 is 0 Å². The van der Waals surface area contributed by atoms with Gasteiger partial charge in [0.2, 0.25) is 5.91 Å². The predicted molar refractivity (Wildman–Crippen MR) is 129 cm³/mol. The molecule has 0 aromatic carbocycles. The van der Waals surface area contributed by atoms with Crippen LogP contribution in [0.25, 0.3) is 0 Å². The number of rotatable bonds is 18. The van der Waals surface area contributed by atoms with E-state index in [1.54, 1.807) is 0 Å². The molecule has 0 bridgehead atoms. The maximum Gasteiger partial charge on any atom is 0.329 e.